The predicted molar refractivity (Wildman–Crippen MR) is 147 cm³/mol. The molecule has 0 radical (unpaired) electrons. The van der Waals surface area contributed by atoms with Crippen molar-refractivity contribution in [2.75, 3.05) is 0 Å². The number of halogens is 1. The van der Waals surface area contributed by atoms with Crippen LogP contribution in [0.1, 0.15) is 27.3 Å². The molecule has 1 amide bonds. The average molecular weight is 523 g/mol. The monoisotopic (exact) mass is 522 g/mol. The summed E-state index contributed by atoms with van der Waals surface area (Å²) in [5.74, 6) is -0.276. The van der Waals surface area contributed by atoms with Gasteiger partial charge < -0.3 is 9.88 Å². The highest BCUT2D eigenvalue weighted by Gasteiger charge is 2.18. The molecule has 8 nitrogen and oxygen atoms in total. The van der Waals surface area contributed by atoms with E-state index in [1.807, 2.05) is 71.4 Å². The second-order valence-corrected chi connectivity index (χ2v) is 9.49. The molecule has 0 aliphatic carbocycles. The molecule has 0 saturated carbocycles. The van der Waals surface area contributed by atoms with Gasteiger partial charge in [-0.25, -0.2) is 0 Å². The van der Waals surface area contributed by atoms with Gasteiger partial charge in [-0.2, -0.15) is 10.2 Å². The molecular weight excluding hydrogens is 500 g/mol. The van der Waals surface area contributed by atoms with Gasteiger partial charge >= 0.3 is 0 Å². The molecule has 3 heterocycles. The minimum absolute atomic E-state index is 0.0327. The van der Waals surface area contributed by atoms with E-state index in [-0.39, 0.29) is 18.0 Å². The molecule has 2 N–H and O–H groups in total. The van der Waals surface area contributed by atoms with Gasteiger partial charge in [-0.15, -0.1) is 0 Å². The van der Waals surface area contributed by atoms with Crippen LogP contribution >= 0.6 is 11.6 Å². The quantitative estimate of drug-likeness (QED) is 0.316. The van der Waals surface area contributed by atoms with E-state index >= 15 is 0 Å². The number of amides is 1. The molecule has 6 rings (SSSR count). The van der Waals surface area contributed by atoms with E-state index < -0.39 is 0 Å². The van der Waals surface area contributed by atoms with Crippen molar-refractivity contribution in [3.05, 3.63) is 129 Å². The third-order valence-corrected chi connectivity index (χ3v) is 6.74. The summed E-state index contributed by atoms with van der Waals surface area (Å²) in [6.45, 7) is 1.25. The molecule has 0 atom stereocenters. The van der Waals surface area contributed by atoms with Crippen LogP contribution in [-0.4, -0.2) is 30.5 Å². The van der Waals surface area contributed by atoms with Gasteiger partial charge in [0.05, 0.1) is 36.4 Å². The Morgan fingerprint density at radius 3 is 2.47 bits per heavy atom. The Labute approximate surface area is 222 Å². The number of rotatable bonds is 7. The summed E-state index contributed by atoms with van der Waals surface area (Å²) in [5, 5.41) is 17.2. The van der Waals surface area contributed by atoms with Gasteiger partial charge in [-0.05, 0) is 41.5 Å². The fraction of sp³-hybridized carbons (Fsp3) is 0.103. The molecule has 0 saturated heterocycles. The Balaban J connectivity index is 1.21. The second kappa shape index (κ2) is 9.99. The highest BCUT2D eigenvalue weighted by atomic mass is 35.5. The number of fused-ring (bicyclic) bond motifs is 2. The number of aromatic amines is 1. The van der Waals surface area contributed by atoms with Gasteiger partial charge in [0.25, 0.3) is 11.5 Å². The van der Waals surface area contributed by atoms with Gasteiger partial charge in [0.2, 0.25) is 0 Å². The number of H-pyrrole nitrogens is 1. The number of hydrogen-bond acceptors (Lipinski definition) is 4. The third-order valence-electron chi connectivity index (χ3n) is 6.50. The number of carbonyl (C=O) groups is 1. The van der Waals surface area contributed by atoms with Gasteiger partial charge in [-0.1, -0.05) is 60.1 Å². The number of pyridine rings is 1. The molecule has 9 heteroatoms. The highest BCUT2D eigenvalue weighted by molar-refractivity contribution is 6.31. The minimum atomic E-state index is -0.276. The van der Waals surface area contributed by atoms with Gasteiger partial charge in [0, 0.05) is 28.1 Å². The number of para-hydroxylation sites is 1. The van der Waals surface area contributed by atoms with Gasteiger partial charge in [0.1, 0.15) is 0 Å². The van der Waals surface area contributed by atoms with Crippen molar-refractivity contribution in [3.63, 3.8) is 0 Å². The lowest BCUT2D eigenvalue weighted by Gasteiger charge is -2.08. The average Bonchev–Trinajstić information content (AvgIpc) is 3.51. The number of nitrogens with one attached hydrogen (secondary N) is 2. The normalized spacial score (nSPS) is 11.3. The molecule has 0 unspecified atom stereocenters. The smallest absolute Gasteiger partial charge is 0.272 e. The molecule has 0 bridgehead atoms. The van der Waals surface area contributed by atoms with Crippen LogP contribution in [0.5, 0.6) is 0 Å². The zero-order chi connectivity index (χ0) is 26.1. The van der Waals surface area contributed by atoms with Crippen molar-refractivity contribution < 1.29 is 4.79 Å². The topological polar surface area (TPSA) is 97.6 Å². The maximum atomic E-state index is 13.2. The van der Waals surface area contributed by atoms with E-state index in [0.29, 0.717) is 29.5 Å². The van der Waals surface area contributed by atoms with Crippen LogP contribution in [0, 0.1) is 0 Å². The Morgan fingerprint density at radius 1 is 0.895 bits per heavy atom. The lowest BCUT2D eigenvalue weighted by atomic mass is 10.1. The van der Waals surface area contributed by atoms with E-state index in [4.69, 9.17) is 11.6 Å². The van der Waals surface area contributed by atoms with Crippen molar-refractivity contribution >= 4 is 39.3 Å². The molecule has 0 aliphatic heterocycles. The van der Waals surface area contributed by atoms with Crippen molar-refractivity contribution in [3.8, 4) is 0 Å². The third kappa shape index (κ3) is 4.69. The number of aromatic nitrogens is 5. The molecule has 0 spiro atoms. The molecule has 0 aliphatic rings. The fourth-order valence-corrected chi connectivity index (χ4v) is 4.72. The summed E-state index contributed by atoms with van der Waals surface area (Å²) in [7, 11) is 0. The maximum absolute atomic E-state index is 13.2. The predicted octanol–water partition coefficient (Wildman–Crippen LogP) is 4.75. The summed E-state index contributed by atoms with van der Waals surface area (Å²) in [6.07, 6.45) is 1.78. The molecule has 3 aromatic carbocycles. The van der Waals surface area contributed by atoms with E-state index in [0.717, 1.165) is 32.9 Å². The molecule has 6 aromatic rings. The first-order valence-corrected chi connectivity index (χ1v) is 12.5. The lowest BCUT2D eigenvalue weighted by molar-refractivity contribution is 0.0946. The number of nitrogens with zero attached hydrogens (tertiary/aromatic N) is 4. The van der Waals surface area contributed by atoms with Crippen molar-refractivity contribution in [2.45, 2.75) is 19.6 Å². The number of carbonyl (C=O) groups excluding carboxylic acids is 1. The summed E-state index contributed by atoms with van der Waals surface area (Å²) in [5.41, 5.74) is 4.82. The Kier molecular flexibility index (Phi) is 6.23. The van der Waals surface area contributed by atoms with E-state index in [1.165, 1.54) is 0 Å². The zero-order valence-corrected chi connectivity index (χ0v) is 21.0. The summed E-state index contributed by atoms with van der Waals surface area (Å²) in [6, 6.07) is 26.4. The summed E-state index contributed by atoms with van der Waals surface area (Å²) >= 11 is 6.14. The fourth-order valence-electron chi connectivity index (χ4n) is 4.55. The first-order chi connectivity index (χ1) is 18.5. The van der Waals surface area contributed by atoms with Crippen molar-refractivity contribution in [1.29, 1.82) is 0 Å². The Hall–Kier alpha value is -4.69. The van der Waals surface area contributed by atoms with E-state index in [1.54, 1.807) is 29.0 Å². The Bertz CT molecular complexity index is 1830. The highest BCUT2D eigenvalue weighted by Crippen LogP contribution is 2.22. The van der Waals surface area contributed by atoms with Gasteiger partial charge in [-0.3, -0.25) is 19.4 Å². The second-order valence-electron chi connectivity index (χ2n) is 9.05. The standard InChI is InChI=1S/C29H23ClN6O2/c30-21-12-13-24-23(15-21)25(33-32-24)16-31-29(38)28-22-5-1-2-6-26(22)36(34-28)18-20-10-8-19(9-11-20)17-35-14-4-3-7-27(35)37/h1-15H,16-18H2,(H,31,38)(H,32,33). The Morgan fingerprint density at radius 2 is 1.66 bits per heavy atom. The minimum Gasteiger partial charge on any atom is -0.345 e. The first kappa shape index (κ1) is 23.7. The summed E-state index contributed by atoms with van der Waals surface area (Å²) < 4.78 is 3.51. The van der Waals surface area contributed by atoms with Crippen LogP contribution in [0.2, 0.25) is 5.02 Å². The first-order valence-electron chi connectivity index (χ1n) is 12.1. The van der Waals surface area contributed by atoms with Gasteiger partial charge in [0.15, 0.2) is 5.69 Å². The number of hydrogen-bond donors (Lipinski definition) is 2. The molecule has 188 valence electrons. The van der Waals surface area contributed by atoms with Crippen LogP contribution in [0.3, 0.4) is 0 Å². The largest absolute Gasteiger partial charge is 0.345 e. The lowest BCUT2D eigenvalue weighted by Crippen LogP contribution is -2.24. The number of benzene rings is 3. The summed E-state index contributed by atoms with van der Waals surface area (Å²) in [4.78, 5) is 25.2. The van der Waals surface area contributed by atoms with Crippen molar-refractivity contribution in [2.24, 2.45) is 0 Å². The van der Waals surface area contributed by atoms with Crippen LogP contribution in [0.4, 0.5) is 0 Å². The van der Waals surface area contributed by atoms with E-state index in [9.17, 15) is 9.59 Å². The molecule has 38 heavy (non-hydrogen) atoms. The van der Waals surface area contributed by atoms with Crippen LogP contribution in [-0.2, 0) is 19.6 Å². The SMILES string of the molecule is O=C(NCc1n[nH]c2ccc(Cl)cc12)c1nn(Cc2ccc(Cn3ccccc3=O)cc2)c2ccccc12. The molecule has 3 aromatic heterocycles. The molecule has 0 fully saturated rings. The van der Waals surface area contributed by atoms with E-state index in [2.05, 4.69) is 20.6 Å². The van der Waals surface area contributed by atoms with Crippen LogP contribution in [0.15, 0.2) is 95.9 Å². The zero-order valence-electron chi connectivity index (χ0n) is 20.3. The van der Waals surface area contributed by atoms with Crippen LogP contribution in [0.25, 0.3) is 21.8 Å². The maximum Gasteiger partial charge on any atom is 0.272 e. The van der Waals surface area contributed by atoms with Crippen molar-refractivity contribution in [1.82, 2.24) is 29.9 Å². The molecular formula is C29H23ClN6O2. The van der Waals surface area contributed by atoms with Crippen LogP contribution < -0.4 is 10.9 Å².